The second-order valence-corrected chi connectivity index (χ2v) is 7.21. The van der Waals surface area contributed by atoms with Crippen LogP contribution in [-0.4, -0.2) is 67.1 Å². The first-order valence-electron chi connectivity index (χ1n) is 8.61. The molecule has 1 N–H and O–H groups in total. The van der Waals surface area contributed by atoms with Crippen molar-refractivity contribution in [1.29, 1.82) is 0 Å². The van der Waals surface area contributed by atoms with E-state index in [9.17, 15) is 14.7 Å². The maximum atomic E-state index is 13.0. The molecule has 0 radical (unpaired) electrons. The second kappa shape index (κ2) is 7.87. The first kappa shape index (κ1) is 19.2. The fraction of sp³-hybridized carbons (Fsp3) is 0.579. The van der Waals surface area contributed by atoms with Gasteiger partial charge in [0.25, 0.3) is 5.91 Å². The average Bonchev–Trinajstić information content (AvgIpc) is 2.59. The zero-order valence-corrected chi connectivity index (χ0v) is 15.7. The molecular weight excluding hydrogens is 320 g/mol. The Hall–Kier alpha value is -2.08. The standard InChI is InChI=1S/C19H28N2O4/c1-12(2)16-9-13(6-7-17(16)25-5)18(22)21-10-14(19(23)24)8-15(11-21)20(3)4/h6-7,9,12,14-15H,8,10-11H2,1-5H3,(H,23,24). The van der Waals surface area contributed by atoms with Crippen LogP contribution in [0.3, 0.4) is 0 Å². The summed E-state index contributed by atoms with van der Waals surface area (Å²) < 4.78 is 5.37. The fourth-order valence-corrected chi connectivity index (χ4v) is 3.29. The average molecular weight is 348 g/mol. The molecule has 0 saturated carbocycles. The number of amides is 1. The largest absolute Gasteiger partial charge is 0.496 e. The van der Waals surface area contributed by atoms with E-state index in [1.807, 2.05) is 31.1 Å². The number of carbonyl (C=O) groups excluding carboxylic acids is 1. The molecule has 0 aliphatic carbocycles. The molecule has 0 spiro atoms. The number of aliphatic carboxylic acids is 1. The number of rotatable bonds is 5. The first-order chi connectivity index (χ1) is 11.7. The van der Waals surface area contributed by atoms with Crippen LogP contribution in [0.1, 0.15) is 42.1 Å². The lowest BCUT2D eigenvalue weighted by atomic mass is 9.92. The van der Waals surface area contributed by atoms with Crippen molar-refractivity contribution in [2.75, 3.05) is 34.3 Å². The smallest absolute Gasteiger partial charge is 0.308 e. The van der Waals surface area contributed by atoms with Crippen LogP contribution in [0, 0.1) is 5.92 Å². The van der Waals surface area contributed by atoms with Crippen LogP contribution in [0.25, 0.3) is 0 Å². The van der Waals surface area contributed by atoms with Crippen molar-refractivity contribution in [1.82, 2.24) is 9.80 Å². The van der Waals surface area contributed by atoms with Crippen molar-refractivity contribution in [3.63, 3.8) is 0 Å². The number of benzene rings is 1. The number of nitrogens with zero attached hydrogens (tertiary/aromatic N) is 2. The summed E-state index contributed by atoms with van der Waals surface area (Å²) in [4.78, 5) is 28.1. The lowest BCUT2D eigenvalue weighted by molar-refractivity contribution is -0.144. The molecule has 2 atom stereocenters. The SMILES string of the molecule is COc1ccc(C(=O)N2CC(C(=O)O)CC(N(C)C)C2)cc1C(C)C. The molecule has 1 aliphatic heterocycles. The van der Waals surface area contributed by atoms with Gasteiger partial charge in [0.05, 0.1) is 13.0 Å². The van der Waals surface area contributed by atoms with Gasteiger partial charge in [-0.15, -0.1) is 0 Å². The van der Waals surface area contributed by atoms with E-state index in [1.165, 1.54) is 0 Å². The number of hydrogen-bond donors (Lipinski definition) is 1. The third kappa shape index (κ3) is 4.31. The number of likely N-dealkylation sites (N-methyl/N-ethyl adjacent to an activating group) is 1. The van der Waals surface area contributed by atoms with E-state index in [0.717, 1.165) is 11.3 Å². The Morgan fingerprint density at radius 1 is 1.28 bits per heavy atom. The molecule has 2 unspecified atom stereocenters. The normalized spacial score (nSPS) is 20.8. The van der Waals surface area contributed by atoms with Gasteiger partial charge >= 0.3 is 5.97 Å². The highest BCUT2D eigenvalue weighted by atomic mass is 16.5. The molecule has 1 aromatic carbocycles. The molecule has 1 amide bonds. The van der Waals surface area contributed by atoms with Crippen molar-refractivity contribution >= 4 is 11.9 Å². The molecule has 1 heterocycles. The van der Waals surface area contributed by atoms with Crippen LogP contribution in [-0.2, 0) is 4.79 Å². The highest BCUT2D eigenvalue weighted by Gasteiger charge is 2.35. The number of carboxylic acid groups (broad SMARTS) is 1. The van der Waals surface area contributed by atoms with E-state index in [2.05, 4.69) is 13.8 Å². The summed E-state index contributed by atoms with van der Waals surface area (Å²) in [7, 11) is 5.45. The van der Waals surface area contributed by atoms with Crippen LogP contribution < -0.4 is 4.74 Å². The molecule has 25 heavy (non-hydrogen) atoms. The van der Waals surface area contributed by atoms with Crippen molar-refractivity contribution < 1.29 is 19.4 Å². The molecule has 1 aliphatic rings. The number of methoxy groups -OCH3 is 1. The Morgan fingerprint density at radius 3 is 2.48 bits per heavy atom. The van der Waals surface area contributed by atoms with Crippen molar-refractivity contribution in [3.8, 4) is 5.75 Å². The van der Waals surface area contributed by atoms with E-state index in [-0.39, 0.29) is 24.4 Å². The lowest BCUT2D eigenvalue weighted by Crippen LogP contribution is -2.52. The predicted octanol–water partition coefficient (Wildman–Crippen LogP) is 2.30. The Kier molecular flexibility index (Phi) is 6.06. The number of likely N-dealkylation sites (tertiary alicyclic amines) is 1. The zero-order valence-electron chi connectivity index (χ0n) is 15.7. The summed E-state index contributed by atoms with van der Waals surface area (Å²) >= 11 is 0. The molecule has 6 nitrogen and oxygen atoms in total. The van der Waals surface area contributed by atoms with Gasteiger partial charge < -0.3 is 19.6 Å². The summed E-state index contributed by atoms with van der Waals surface area (Å²) in [5.41, 5.74) is 1.55. The maximum Gasteiger partial charge on any atom is 0.308 e. The first-order valence-corrected chi connectivity index (χ1v) is 8.61. The summed E-state index contributed by atoms with van der Waals surface area (Å²) in [6.45, 7) is 4.89. The van der Waals surface area contributed by atoms with Gasteiger partial charge in [-0.1, -0.05) is 13.8 Å². The summed E-state index contributed by atoms with van der Waals surface area (Å²) in [6.07, 6.45) is 0.561. The number of hydrogen-bond acceptors (Lipinski definition) is 4. The van der Waals surface area contributed by atoms with Gasteiger partial charge in [0.2, 0.25) is 0 Å². The monoisotopic (exact) mass is 348 g/mol. The zero-order chi connectivity index (χ0) is 18.7. The Labute approximate surface area is 149 Å². The number of piperidine rings is 1. The Balaban J connectivity index is 2.29. The van der Waals surface area contributed by atoms with E-state index in [4.69, 9.17) is 4.74 Å². The van der Waals surface area contributed by atoms with Crippen LogP contribution in [0.4, 0.5) is 0 Å². The van der Waals surface area contributed by atoms with Gasteiger partial charge in [0.15, 0.2) is 0 Å². The molecule has 0 aromatic heterocycles. The van der Waals surface area contributed by atoms with Gasteiger partial charge in [-0.3, -0.25) is 9.59 Å². The third-order valence-corrected chi connectivity index (χ3v) is 4.89. The third-order valence-electron chi connectivity index (χ3n) is 4.89. The molecule has 1 saturated heterocycles. The van der Waals surface area contributed by atoms with Crippen molar-refractivity contribution in [2.24, 2.45) is 5.92 Å². The molecule has 6 heteroatoms. The predicted molar refractivity (Wildman–Crippen MR) is 96.2 cm³/mol. The summed E-state index contributed by atoms with van der Waals surface area (Å²) in [5, 5.41) is 9.42. The van der Waals surface area contributed by atoms with Crippen LogP contribution in [0.15, 0.2) is 18.2 Å². The molecule has 1 aromatic rings. The van der Waals surface area contributed by atoms with E-state index in [1.54, 1.807) is 18.1 Å². The minimum atomic E-state index is -0.845. The number of carbonyl (C=O) groups is 2. The van der Waals surface area contributed by atoms with E-state index < -0.39 is 11.9 Å². The van der Waals surface area contributed by atoms with Gasteiger partial charge in [0, 0.05) is 24.7 Å². The highest BCUT2D eigenvalue weighted by molar-refractivity contribution is 5.95. The Bertz CT molecular complexity index is 642. The van der Waals surface area contributed by atoms with Gasteiger partial charge in [0.1, 0.15) is 5.75 Å². The van der Waals surface area contributed by atoms with Crippen molar-refractivity contribution in [2.45, 2.75) is 32.2 Å². The van der Waals surface area contributed by atoms with Crippen molar-refractivity contribution in [3.05, 3.63) is 29.3 Å². The number of ether oxygens (including phenoxy) is 1. The summed E-state index contributed by atoms with van der Waals surface area (Å²) in [6, 6.07) is 5.47. The molecule has 138 valence electrons. The number of carboxylic acids is 1. The topological polar surface area (TPSA) is 70.1 Å². The van der Waals surface area contributed by atoms with E-state index >= 15 is 0 Å². The minimum absolute atomic E-state index is 0.0432. The van der Waals surface area contributed by atoms with Gasteiger partial charge in [-0.05, 0) is 50.2 Å². The molecule has 1 fully saturated rings. The second-order valence-electron chi connectivity index (χ2n) is 7.21. The van der Waals surface area contributed by atoms with E-state index in [0.29, 0.717) is 18.5 Å². The summed E-state index contributed by atoms with van der Waals surface area (Å²) in [5.74, 6) is -0.512. The minimum Gasteiger partial charge on any atom is -0.496 e. The molecule has 0 bridgehead atoms. The fourth-order valence-electron chi connectivity index (χ4n) is 3.29. The van der Waals surface area contributed by atoms with Crippen LogP contribution >= 0.6 is 0 Å². The van der Waals surface area contributed by atoms with Crippen LogP contribution in [0.2, 0.25) is 0 Å². The Morgan fingerprint density at radius 2 is 1.96 bits per heavy atom. The highest BCUT2D eigenvalue weighted by Crippen LogP contribution is 2.29. The molecular formula is C19H28N2O4. The van der Waals surface area contributed by atoms with Gasteiger partial charge in [-0.2, -0.15) is 0 Å². The van der Waals surface area contributed by atoms with Gasteiger partial charge in [-0.25, -0.2) is 0 Å². The van der Waals surface area contributed by atoms with Crippen LogP contribution in [0.5, 0.6) is 5.75 Å². The maximum absolute atomic E-state index is 13.0. The lowest BCUT2D eigenvalue weighted by Gasteiger charge is -2.39. The molecule has 2 rings (SSSR count). The quantitative estimate of drug-likeness (QED) is 0.884.